The molecule has 0 N–H and O–H groups in total. The van der Waals surface area contributed by atoms with Crippen molar-refractivity contribution < 1.29 is 14.4 Å². The summed E-state index contributed by atoms with van der Waals surface area (Å²) in [6.45, 7) is -0.0907. The molecule has 0 saturated carbocycles. The molecule has 0 bridgehead atoms. The zero-order valence-corrected chi connectivity index (χ0v) is 7.97. The number of carbonyl (C=O) groups is 3. The highest BCUT2D eigenvalue weighted by Gasteiger charge is 2.32. The molecule has 0 atom stereocenters. The second-order valence-corrected chi connectivity index (χ2v) is 3.37. The Balaban J connectivity index is 2.23. The van der Waals surface area contributed by atoms with E-state index in [2.05, 4.69) is 0 Å². The van der Waals surface area contributed by atoms with E-state index in [4.69, 9.17) is 0 Å². The van der Waals surface area contributed by atoms with Gasteiger partial charge < -0.3 is 0 Å². The van der Waals surface area contributed by atoms with Gasteiger partial charge in [0, 0.05) is 5.56 Å². The zero-order valence-electron chi connectivity index (χ0n) is 7.97. The average molecular weight is 203 g/mol. The predicted octanol–water partition coefficient (Wildman–Crippen LogP) is 0.628. The van der Waals surface area contributed by atoms with Gasteiger partial charge in [0.2, 0.25) is 5.91 Å². The highest BCUT2D eigenvalue weighted by Crippen LogP contribution is 2.11. The minimum Gasteiger partial charge on any atom is -0.297 e. The van der Waals surface area contributed by atoms with Crippen LogP contribution < -0.4 is 0 Å². The van der Waals surface area contributed by atoms with Crippen molar-refractivity contribution >= 4 is 17.6 Å². The fourth-order valence-corrected chi connectivity index (χ4v) is 1.51. The maximum Gasteiger partial charge on any atom is 0.260 e. The lowest BCUT2D eigenvalue weighted by Crippen LogP contribution is -2.32. The van der Waals surface area contributed by atoms with Crippen molar-refractivity contribution in [1.29, 1.82) is 0 Å². The van der Waals surface area contributed by atoms with Gasteiger partial charge in [-0.15, -0.1) is 0 Å². The Kier molecular flexibility index (Phi) is 2.33. The minimum atomic E-state index is -0.408. The van der Waals surface area contributed by atoms with Crippen molar-refractivity contribution in [2.24, 2.45) is 0 Å². The number of ketones is 1. The Bertz CT molecular complexity index is 425. The molecule has 76 valence electrons. The first-order valence-electron chi connectivity index (χ1n) is 4.60. The molecule has 0 radical (unpaired) electrons. The summed E-state index contributed by atoms with van der Waals surface area (Å²) in [6.07, 6.45) is -0.154. The maximum atomic E-state index is 11.8. The van der Waals surface area contributed by atoms with Crippen LogP contribution in [0.3, 0.4) is 0 Å². The first-order chi connectivity index (χ1) is 7.18. The first-order valence-corrected chi connectivity index (χ1v) is 4.60. The summed E-state index contributed by atoms with van der Waals surface area (Å²) in [6, 6.07) is 8.47. The molecule has 2 amide bonds. The second-order valence-electron chi connectivity index (χ2n) is 3.37. The van der Waals surface area contributed by atoms with Crippen LogP contribution in [-0.4, -0.2) is 29.0 Å². The number of rotatable bonds is 1. The third-order valence-corrected chi connectivity index (χ3v) is 2.25. The lowest BCUT2D eigenvalue weighted by Gasteiger charge is -2.11. The standard InChI is InChI=1S/C11H9NO3/c13-9-6-10(14)12(7-9)11(15)8-4-2-1-3-5-8/h1-5H,6-7H2. The number of hydrogen-bond acceptors (Lipinski definition) is 3. The van der Waals surface area contributed by atoms with E-state index in [1.807, 2.05) is 0 Å². The smallest absolute Gasteiger partial charge is 0.260 e. The van der Waals surface area contributed by atoms with Crippen molar-refractivity contribution in [2.45, 2.75) is 6.42 Å². The molecule has 1 fully saturated rings. The van der Waals surface area contributed by atoms with Gasteiger partial charge in [-0.25, -0.2) is 0 Å². The Labute approximate surface area is 86.5 Å². The summed E-state index contributed by atoms with van der Waals surface area (Å²) in [4.78, 5) is 35.0. The van der Waals surface area contributed by atoms with E-state index in [0.29, 0.717) is 5.56 Å². The molecule has 0 aliphatic carbocycles. The van der Waals surface area contributed by atoms with E-state index in [9.17, 15) is 14.4 Å². The summed E-state index contributed by atoms with van der Waals surface area (Å²) < 4.78 is 0. The van der Waals surface area contributed by atoms with Gasteiger partial charge in [-0.3, -0.25) is 19.3 Å². The summed E-state index contributed by atoms with van der Waals surface area (Å²) in [7, 11) is 0. The largest absolute Gasteiger partial charge is 0.297 e. The monoisotopic (exact) mass is 203 g/mol. The van der Waals surface area contributed by atoms with Gasteiger partial charge in [-0.1, -0.05) is 18.2 Å². The molecule has 0 aromatic heterocycles. The van der Waals surface area contributed by atoms with E-state index in [1.54, 1.807) is 30.3 Å². The van der Waals surface area contributed by atoms with Crippen molar-refractivity contribution in [3.05, 3.63) is 35.9 Å². The minimum absolute atomic E-state index is 0.0907. The topological polar surface area (TPSA) is 54.5 Å². The summed E-state index contributed by atoms with van der Waals surface area (Å²) >= 11 is 0. The number of imide groups is 1. The highest BCUT2D eigenvalue weighted by atomic mass is 16.2. The summed E-state index contributed by atoms with van der Waals surface area (Å²) in [5.74, 6) is -1.01. The molecule has 0 spiro atoms. The molecule has 4 heteroatoms. The molecule has 15 heavy (non-hydrogen) atoms. The molecule has 2 rings (SSSR count). The molecule has 1 aromatic rings. The fraction of sp³-hybridized carbons (Fsp3) is 0.182. The van der Waals surface area contributed by atoms with E-state index < -0.39 is 11.8 Å². The quantitative estimate of drug-likeness (QED) is 0.497. The van der Waals surface area contributed by atoms with Gasteiger partial charge >= 0.3 is 0 Å². The maximum absolute atomic E-state index is 11.8. The molecular weight excluding hydrogens is 194 g/mol. The zero-order chi connectivity index (χ0) is 10.8. The van der Waals surface area contributed by atoms with Gasteiger partial charge in [0.1, 0.15) is 0 Å². The predicted molar refractivity (Wildman–Crippen MR) is 52.1 cm³/mol. The van der Waals surface area contributed by atoms with Gasteiger partial charge in [-0.05, 0) is 12.1 Å². The normalized spacial score (nSPS) is 15.9. The lowest BCUT2D eigenvalue weighted by molar-refractivity contribution is -0.125. The van der Waals surface area contributed by atoms with E-state index in [1.165, 1.54) is 0 Å². The van der Waals surface area contributed by atoms with E-state index in [0.717, 1.165) is 4.90 Å². The number of amides is 2. The van der Waals surface area contributed by atoms with E-state index >= 15 is 0 Å². The van der Waals surface area contributed by atoms with Gasteiger partial charge in [0.15, 0.2) is 5.78 Å². The van der Waals surface area contributed by atoms with Gasteiger partial charge in [0.05, 0.1) is 13.0 Å². The summed E-state index contributed by atoms with van der Waals surface area (Å²) in [5, 5.41) is 0. The SMILES string of the molecule is O=C1CC(=O)N(C(=O)c2ccccc2)C1. The van der Waals surface area contributed by atoms with Crippen LogP contribution in [-0.2, 0) is 9.59 Å². The van der Waals surface area contributed by atoms with Crippen LogP contribution in [0.1, 0.15) is 16.8 Å². The Hall–Kier alpha value is -1.97. The van der Waals surface area contributed by atoms with Crippen LogP contribution in [0.25, 0.3) is 0 Å². The molecule has 1 heterocycles. The Morgan fingerprint density at radius 1 is 1.13 bits per heavy atom. The van der Waals surface area contributed by atoms with Crippen molar-refractivity contribution in [3.63, 3.8) is 0 Å². The summed E-state index contributed by atoms with van der Waals surface area (Å²) in [5.41, 5.74) is 0.431. The number of likely N-dealkylation sites (tertiary alicyclic amines) is 1. The van der Waals surface area contributed by atoms with Gasteiger partial charge in [0.25, 0.3) is 5.91 Å². The molecule has 0 unspecified atom stereocenters. The van der Waals surface area contributed by atoms with E-state index in [-0.39, 0.29) is 18.7 Å². The van der Waals surface area contributed by atoms with Crippen molar-refractivity contribution in [3.8, 4) is 0 Å². The number of carbonyl (C=O) groups excluding carboxylic acids is 3. The first kappa shape index (κ1) is 9.58. The van der Waals surface area contributed by atoms with Crippen LogP contribution in [0.2, 0.25) is 0 Å². The third kappa shape index (κ3) is 1.79. The van der Waals surface area contributed by atoms with Crippen LogP contribution in [0, 0.1) is 0 Å². The molecule has 1 aliphatic heterocycles. The Morgan fingerprint density at radius 2 is 1.80 bits per heavy atom. The van der Waals surface area contributed by atoms with Crippen molar-refractivity contribution in [2.75, 3.05) is 6.54 Å². The molecular formula is C11H9NO3. The molecule has 4 nitrogen and oxygen atoms in total. The van der Waals surface area contributed by atoms with Crippen LogP contribution >= 0.6 is 0 Å². The number of nitrogens with zero attached hydrogens (tertiary/aromatic N) is 1. The molecule has 1 aromatic carbocycles. The highest BCUT2D eigenvalue weighted by molar-refractivity contribution is 6.16. The number of benzene rings is 1. The van der Waals surface area contributed by atoms with Crippen LogP contribution in [0.4, 0.5) is 0 Å². The lowest BCUT2D eigenvalue weighted by atomic mass is 10.2. The third-order valence-electron chi connectivity index (χ3n) is 2.25. The van der Waals surface area contributed by atoms with Crippen molar-refractivity contribution in [1.82, 2.24) is 4.90 Å². The number of hydrogen-bond donors (Lipinski definition) is 0. The Morgan fingerprint density at radius 3 is 2.33 bits per heavy atom. The number of Topliss-reactive ketones (excluding diaryl/α,β-unsaturated/α-hetero) is 1. The molecule has 1 saturated heterocycles. The average Bonchev–Trinajstić information content (AvgIpc) is 2.58. The fourth-order valence-electron chi connectivity index (χ4n) is 1.51. The second kappa shape index (κ2) is 3.65. The van der Waals surface area contributed by atoms with Crippen LogP contribution in [0.5, 0.6) is 0 Å². The van der Waals surface area contributed by atoms with Gasteiger partial charge in [-0.2, -0.15) is 0 Å². The molecule has 1 aliphatic rings. The van der Waals surface area contributed by atoms with Crippen LogP contribution in [0.15, 0.2) is 30.3 Å².